The van der Waals surface area contributed by atoms with Crippen LogP contribution in [0.15, 0.2) is 24.3 Å². The molecule has 0 bridgehead atoms. The zero-order valence-electron chi connectivity index (χ0n) is 8.90. The highest BCUT2D eigenvalue weighted by atomic mass is 16.4. The molecule has 0 aliphatic carbocycles. The van der Waals surface area contributed by atoms with Gasteiger partial charge >= 0.3 is 5.97 Å². The molecule has 0 aromatic rings. The molecule has 0 saturated carbocycles. The highest BCUT2D eigenvalue weighted by molar-refractivity contribution is 5.91. The van der Waals surface area contributed by atoms with Crippen LogP contribution in [0, 0.1) is 0 Å². The quantitative estimate of drug-likeness (QED) is 0.417. The second-order valence-corrected chi connectivity index (χ2v) is 2.77. The lowest BCUT2D eigenvalue weighted by atomic mass is 10.4. The summed E-state index contributed by atoms with van der Waals surface area (Å²) in [7, 11) is 0. The number of hydrogen-bond donors (Lipinski definition) is 3. The first-order chi connectivity index (χ1) is 7.56. The molecule has 0 aliphatic rings. The van der Waals surface area contributed by atoms with Crippen LogP contribution < -0.4 is 10.6 Å². The SMILES string of the molecule is C/C=C/C=C/C(=O)NCC(=O)NCC(=O)O. The van der Waals surface area contributed by atoms with Crippen molar-refractivity contribution in [2.24, 2.45) is 0 Å². The van der Waals surface area contributed by atoms with E-state index in [2.05, 4.69) is 10.6 Å². The Morgan fingerprint density at radius 2 is 1.81 bits per heavy atom. The number of hydrogen-bond acceptors (Lipinski definition) is 3. The molecule has 6 nitrogen and oxygen atoms in total. The van der Waals surface area contributed by atoms with Gasteiger partial charge in [-0.25, -0.2) is 0 Å². The third-order valence-electron chi connectivity index (χ3n) is 1.41. The second kappa shape index (κ2) is 8.22. The normalized spacial score (nSPS) is 10.6. The van der Waals surface area contributed by atoms with E-state index in [0.717, 1.165) is 0 Å². The van der Waals surface area contributed by atoms with Gasteiger partial charge in [0.15, 0.2) is 0 Å². The van der Waals surface area contributed by atoms with E-state index in [1.54, 1.807) is 12.2 Å². The highest BCUT2D eigenvalue weighted by Gasteiger charge is 2.04. The van der Waals surface area contributed by atoms with Crippen molar-refractivity contribution in [3.05, 3.63) is 24.3 Å². The van der Waals surface area contributed by atoms with Crippen molar-refractivity contribution in [2.45, 2.75) is 6.92 Å². The topological polar surface area (TPSA) is 95.5 Å². The maximum Gasteiger partial charge on any atom is 0.322 e. The van der Waals surface area contributed by atoms with Crippen LogP contribution in [0.5, 0.6) is 0 Å². The Balaban J connectivity index is 3.75. The Kier molecular flexibility index (Phi) is 7.14. The van der Waals surface area contributed by atoms with Crippen LogP contribution in [0.2, 0.25) is 0 Å². The van der Waals surface area contributed by atoms with Crippen LogP contribution in [-0.4, -0.2) is 36.0 Å². The van der Waals surface area contributed by atoms with Crippen LogP contribution >= 0.6 is 0 Å². The van der Waals surface area contributed by atoms with Gasteiger partial charge < -0.3 is 15.7 Å². The van der Waals surface area contributed by atoms with Gasteiger partial charge in [0.1, 0.15) is 6.54 Å². The molecule has 0 rings (SSSR count). The Morgan fingerprint density at radius 1 is 1.12 bits per heavy atom. The Morgan fingerprint density at radius 3 is 2.38 bits per heavy atom. The first-order valence-electron chi connectivity index (χ1n) is 4.62. The first kappa shape index (κ1) is 13.9. The molecule has 6 heteroatoms. The summed E-state index contributed by atoms with van der Waals surface area (Å²) in [5, 5.41) is 12.7. The molecule has 0 saturated heterocycles. The number of amides is 2. The average molecular weight is 226 g/mol. The van der Waals surface area contributed by atoms with Gasteiger partial charge in [0.2, 0.25) is 11.8 Å². The van der Waals surface area contributed by atoms with Crippen molar-refractivity contribution < 1.29 is 19.5 Å². The summed E-state index contributed by atoms with van der Waals surface area (Å²) in [4.78, 5) is 32.1. The Bertz CT molecular complexity index is 321. The molecule has 3 N–H and O–H groups in total. The minimum Gasteiger partial charge on any atom is -0.480 e. The van der Waals surface area contributed by atoms with Crippen LogP contribution in [0.4, 0.5) is 0 Å². The van der Waals surface area contributed by atoms with E-state index in [9.17, 15) is 14.4 Å². The summed E-state index contributed by atoms with van der Waals surface area (Å²) in [5.74, 6) is -2.09. The van der Waals surface area contributed by atoms with E-state index in [0.29, 0.717) is 0 Å². The smallest absolute Gasteiger partial charge is 0.322 e. The average Bonchev–Trinajstić information content (AvgIpc) is 2.24. The van der Waals surface area contributed by atoms with Crippen molar-refractivity contribution in [3.63, 3.8) is 0 Å². The molecule has 0 heterocycles. The van der Waals surface area contributed by atoms with Crippen molar-refractivity contribution in [2.75, 3.05) is 13.1 Å². The summed E-state index contributed by atoms with van der Waals surface area (Å²) in [6, 6.07) is 0. The second-order valence-electron chi connectivity index (χ2n) is 2.77. The predicted octanol–water partition coefficient (Wildman–Crippen LogP) is -0.564. The summed E-state index contributed by atoms with van der Waals surface area (Å²) in [6.45, 7) is 1.11. The van der Waals surface area contributed by atoms with Crippen LogP contribution in [0.1, 0.15) is 6.92 Å². The largest absolute Gasteiger partial charge is 0.480 e. The van der Waals surface area contributed by atoms with Crippen LogP contribution in [-0.2, 0) is 14.4 Å². The summed E-state index contributed by atoms with van der Waals surface area (Å²) in [6.07, 6.45) is 6.22. The number of carbonyl (C=O) groups is 3. The standard InChI is InChI=1S/C10H14N2O4/c1-2-3-4-5-8(13)11-6-9(14)12-7-10(15)16/h2-5H,6-7H2,1H3,(H,11,13)(H,12,14)(H,15,16)/b3-2+,5-4+. The van der Waals surface area contributed by atoms with Gasteiger partial charge in [-0.05, 0) is 6.92 Å². The molecule has 0 aromatic carbocycles. The molecule has 0 spiro atoms. The third-order valence-corrected chi connectivity index (χ3v) is 1.41. The third kappa shape index (κ3) is 8.49. The van der Waals surface area contributed by atoms with Gasteiger partial charge in [-0.15, -0.1) is 0 Å². The Labute approximate surface area is 93.0 Å². The maximum absolute atomic E-state index is 11.0. The van der Waals surface area contributed by atoms with E-state index in [-0.39, 0.29) is 6.54 Å². The lowest BCUT2D eigenvalue weighted by Crippen LogP contribution is -2.38. The highest BCUT2D eigenvalue weighted by Crippen LogP contribution is 1.77. The summed E-state index contributed by atoms with van der Waals surface area (Å²) < 4.78 is 0. The monoisotopic (exact) mass is 226 g/mol. The molecule has 0 unspecified atom stereocenters. The maximum atomic E-state index is 11.0. The van der Waals surface area contributed by atoms with Crippen LogP contribution in [0.3, 0.4) is 0 Å². The van der Waals surface area contributed by atoms with Gasteiger partial charge in [0, 0.05) is 6.08 Å². The molecule has 0 atom stereocenters. The van der Waals surface area contributed by atoms with Crippen molar-refractivity contribution in [3.8, 4) is 0 Å². The zero-order chi connectivity index (χ0) is 12.4. The lowest BCUT2D eigenvalue weighted by molar-refractivity contribution is -0.137. The minimum absolute atomic E-state index is 0.244. The van der Waals surface area contributed by atoms with Crippen LogP contribution in [0.25, 0.3) is 0 Å². The predicted molar refractivity (Wildman–Crippen MR) is 57.6 cm³/mol. The molecule has 0 fully saturated rings. The van der Waals surface area contributed by atoms with Gasteiger partial charge in [-0.2, -0.15) is 0 Å². The van der Waals surface area contributed by atoms with Gasteiger partial charge in [0.25, 0.3) is 0 Å². The Hall–Kier alpha value is -2.11. The molecule has 88 valence electrons. The zero-order valence-corrected chi connectivity index (χ0v) is 8.90. The fourth-order valence-electron chi connectivity index (χ4n) is 0.717. The van der Waals surface area contributed by atoms with Crippen molar-refractivity contribution >= 4 is 17.8 Å². The molecule has 2 amide bonds. The minimum atomic E-state index is -1.13. The molecule has 0 aliphatic heterocycles. The van der Waals surface area contributed by atoms with E-state index in [1.807, 2.05) is 6.92 Å². The van der Waals surface area contributed by atoms with E-state index in [4.69, 9.17) is 5.11 Å². The fraction of sp³-hybridized carbons (Fsp3) is 0.300. The summed E-state index contributed by atoms with van der Waals surface area (Å²) in [5.41, 5.74) is 0. The fourth-order valence-corrected chi connectivity index (χ4v) is 0.717. The number of carboxylic acids is 1. The van der Waals surface area contributed by atoms with Gasteiger partial charge in [0.05, 0.1) is 6.54 Å². The van der Waals surface area contributed by atoms with Gasteiger partial charge in [-0.1, -0.05) is 18.2 Å². The van der Waals surface area contributed by atoms with Gasteiger partial charge in [-0.3, -0.25) is 14.4 Å². The number of allylic oxidation sites excluding steroid dienone is 3. The van der Waals surface area contributed by atoms with E-state index < -0.39 is 24.3 Å². The number of nitrogens with one attached hydrogen (secondary N) is 2. The first-order valence-corrected chi connectivity index (χ1v) is 4.62. The lowest BCUT2D eigenvalue weighted by Gasteiger charge is -2.02. The molecule has 0 radical (unpaired) electrons. The number of carbonyl (C=O) groups excluding carboxylic acids is 2. The van der Waals surface area contributed by atoms with E-state index >= 15 is 0 Å². The number of aliphatic carboxylic acids is 1. The van der Waals surface area contributed by atoms with Crippen molar-refractivity contribution in [1.29, 1.82) is 0 Å². The molecular formula is C10H14N2O4. The van der Waals surface area contributed by atoms with E-state index in [1.165, 1.54) is 12.2 Å². The number of rotatable bonds is 6. The molecule has 0 aromatic heterocycles. The summed E-state index contributed by atoms with van der Waals surface area (Å²) >= 11 is 0. The molecule has 16 heavy (non-hydrogen) atoms. The number of carboxylic acid groups (broad SMARTS) is 1. The van der Waals surface area contributed by atoms with Crippen molar-refractivity contribution in [1.82, 2.24) is 10.6 Å². The molecular weight excluding hydrogens is 212 g/mol.